The van der Waals surface area contributed by atoms with Gasteiger partial charge in [-0.05, 0) is 20.8 Å². The van der Waals surface area contributed by atoms with Crippen molar-refractivity contribution in [2.45, 2.75) is 33.4 Å². The summed E-state index contributed by atoms with van der Waals surface area (Å²) in [5, 5.41) is 16.7. The molecule has 0 saturated heterocycles. The van der Waals surface area contributed by atoms with E-state index in [0.29, 0.717) is 23.8 Å². The van der Waals surface area contributed by atoms with Crippen LogP contribution < -0.4 is 10.9 Å². The van der Waals surface area contributed by atoms with E-state index in [9.17, 15) is 4.79 Å². The summed E-state index contributed by atoms with van der Waals surface area (Å²) in [5.41, 5.74) is 1.24. The Morgan fingerprint density at radius 2 is 2.17 bits per heavy atom. The fourth-order valence-corrected chi connectivity index (χ4v) is 1.85. The Labute approximate surface area is 103 Å². The van der Waals surface area contributed by atoms with E-state index in [1.54, 1.807) is 6.92 Å². The van der Waals surface area contributed by atoms with Gasteiger partial charge in [-0.2, -0.15) is 5.21 Å². The normalized spacial score (nSPS) is 12.6. The number of tetrazole rings is 1. The topological polar surface area (TPSA) is 112 Å². The lowest BCUT2D eigenvalue weighted by molar-refractivity contribution is 0.549. The van der Waals surface area contributed by atoms with Crippen molar-refractivity contribution in [3.63, 3.8) is 0 Å². The van der Waals surface area contributed by atoms with E-state index in [1.165, 1.54) is 0 Å². The van der Waals surface area contributed by atoms with Gasteiger partial charge in [0.2, 0.25) is 0 Å². The van der Waals surface area contributed by atoms with Crippen LogP contribution in [0.1, 0.15) is 35.9 Å². The lowest BCUT2D eigenvalue weighted by Crippen LogP contribution is -2.28. The van der Waals surface area contributed by atoms with E-state index in [-0.39, 0.29) is 11.6 Å². The highest BCUT2D eigenvalue weighted by Gasteiger charge is 2.14. The molecule has 96 valence electrons. The molecule has 0 fully saturated rings. The van der Waals surface area contributed by atoms with E-state index < -0.39 is 0 Å². The van der Waals surface area contributed by atoms with Crippen molar-refractivity contribution in [2.24, 2.45) is 0 Å². The number of nitrogens with zero attached hydrogens (tertiary/aromatic N) is 4. The number of hydrogen-bond donors (Lipinski definition) is 3. The Kier molecular flexibility index (Phi) is 3.47. The maximum Gasteiger partial charge on any atom is 0.255 e. The number of rotatable bonds is 4. The molecule has 0 aliphatic carbocycles. The van der Waals surface area contributed by atoms with Crippen LogP contribution in [0.2, 0.25) is 0 Å². The molecular weight excluding hydrogens is 234 g/mol. The highest BCUT2D eigenvalue weighted by Crippen LogP contribution is 2.10. The van der Waals surface area contributed by atoms with E-state index >= 15 is 0 Å². The summed E-state index contributed by atoms with van der Waals surface area (Å²) >= 11 is 0. The van der Waals surface area contributed by atoms with E-state index in [0.717, 1.165) is 5.69 Å². The lowest BCUT2D eigenvalue weighted by Gasteiger charge is -2.14. The third-order valence-electron chi connectivity index (χ3n) is 2.65. The van der Waals surface area contributed by atoms with Gasteiger partial charge in [0, 0.05) is 11.7 Å². The molecule has 0 amide bonds. The van der Waals surface area contributed by atoms with Crippen molar-refractivity contribution in [3.8, 4) is 0 Å². The number of aromatic nitrogens is 6. The molecule has 0 radical (unpaired) electrons. The lowest BCUT2D eigenvalue weighted by atomic mass is 10.1. The average Bonchev–Trinajstić information content (AvgIpc) is 2.77. The summed E-state index contributed by atoms with van der Waals surface area (Å²) in [6, 6.07) is -0.139. The molecular formula is C10H15N7O. The number of nitrogens with one attached hydrogen (secondary N) is 3. The van der Waals surface area contributed by atoms with Crippen LogP contribution in [-0.2, 0) is 6.54 Å². The second-order valence-electron chi connectivity index (χ2n) is 4.08. The zero-order valence-corrected chi connectivity index (χ0v) is 10.5. The fourth-order valence-electron chi connectivity index (χ4n) is 1.85. The third-order valence-corrected chi connectivity index (χ3v) is 2.65. The van der Waals surface area contributed by atoms with Crippen LogP contribution in [0.15, 0.2) is 4.79 Å². The Balaban J connectivity index is 2.14. The van der Waals surface area contributed by atoms with Crippen molar-refractivity contribution in [1.82, 2.24) is 35.9 Å². The van der Waals surface area contributed by atoms with Crippen molar-refractivity contribution in [2.75, 3.05) is 0 Å². The molecule has 2 heterocycles. The van der Waals surface area contributed by atoms with Crippen molar-refractivity contribution >= 4 is 0 Å². The largest absolute Gasteiger partial charge is 0.310 e. The summed E-state index contributed by atoms with van der Waals surface area (Å²) < 4.78 is 0. The van der Waals surface area contributed by atoms with E-state index in [2.05, 4.69) is 35.9 Å². The molecule has 8 heteroatoms. The van der Waals surface area contributed by atoms with Gasteiger partial charge in [0.1, 0.15) is 5.82 Å². The number of aryl methyl sites for hydroxylation is 2. The Bertz CT molecular complexity index is 574. The first-order valence-corrected chi connectivity index (χ1v) is 5.61. The highest BCUT2D eigenvalue weighted by molar-refractivity contribution is 5.19. The second kappa shape index (κ2) is 5.05. The third kappa shape index (κ3) is 2.59. The minimum atomic E-state index is -0.139. The predicted molar refractivity (Wildman–Crippen MR) is 63.8 cm³/mol. The Morgan fingerprint density at radius 1 is 1.39 bits per heavy atom. The molecule has 0 spiro atoms. The molecule has 2 aromatic heterocycles. The molecule has 2 rings (SSSR count). The van der Waals surface area contributed by atoms with Crippen LogP contribution in [-0.4, -0.2) is 30.6 Å². The van der Waals surface area contributed by atoms with Crippen molar-refractivity contribution < 1.29 is 0 Å². The fraction of sp³-hybridized carbons (Fsp3) is 0.500. The molecule has 0 aliphatic rings. The summed E-state index contributed by atoms with van der Waals surface area (Å²) in [5.74, 6) is 1.17. The van der Waals surface area contributed by atoms with Crippen molar-refractivity contribution in [3.05, 3.63) is 33.3 Å². The monoisotopic (exact) mass is 249 g/mol. The van der Waals surface area contributed by atoms with Gasteiger partial charge in [-0.15, -0.1) is 10.2 Å². The standard InChI is InChI=1S/C10H15N7O/c1-5(11-4-8-14-16-17-15-8)9-6(2)12-7(3)13-10(9)18/h5,11H,4H2,1-3H3,(H,12,13,18)(H,14,15,16,17). The van der Waals surface area contributed by atoms with Gasteiger partial charge in [0.05, 0.1) is 12.1 Å². The maximum atomic E-state index is 11.9. The first-order valence-electron chi connectivity index (χ1n) is 5.61. The van der Waals surface area contributed by atoms with Gasteiger partial charge in [0.25, 0.3) is 5.56 Å². The zero-order valence-electron chi connectivity index (χ0n) is 10.5. The molecule has 18 heavy (non-hydrogen) atoms. The first-order chi connectivity index (χ1) is 8.58. The first kappa shape index (κ1) is 12.4. The number of H-pyrrole nitrogens is 2. The van der Waals surface area contributed by atoms with E-state index in [4.69, 9.17) is 0 Å². The van der Waals surface area contributed by atoms with Crippen LogP contribution in [0.4, 0.5) is 0 Å². The summed E-state index contributed by atoms with van der Waals surface area (Å²) in [7, 11) is 0. The van der Waals surface area contributed by atoms with Gasteiger partial charge >= 0.3 is 0 Å². The molecule has 0 bridgehead atoms. The summed E-state index contributed by atoms with van der Waals surface area (Å²) in [6.07, 6.45) is 0. The molecule has 0 aliphatic heterocycles. The minimum absolute atomic E-state index is 0.117. The summed E-state index contributed by atoms with van der Waals surface area (Å²) in [4.78, 5) is 18.8. The van der Waals surface area contributed by atoms with Crippen LogP contribution in [0.5, 0.6) is 0 Å². The van der Waals surface area contributed by atoms with Crippen LogP contribution in [0.3, 0.4) is 0 Å². The zero-order chi connectivity index (χ0) is 13.1. The van der Waals surface area contributed by atoms with Gasteiger partial charge < -0.3 is 10.3 Å². The number of hydrogen-bond acceptors (Lipinski definition) is 6. The SMILES string of the molecule is Cc1nc(C)c(C(C)NCc2nn[nH]n2)c(=O)[nH]1. The predicted octanol–water partition coefficient (Wildman–Crippen LogP) is -0.249. The van der Waals surface area contributed by atoms with Crippen LogP contribution in [0, 0.1) is 13.8 Å². The quantitative estimate of drug-likeness (QED) is 0.688. The molecule has 2 aromatic rings. The molecule has 0 saturated carbocycles. The van der Waals surface area contributed by atoms with Crippen LogP contribution >= 0.6 is 0 Å². The number of aromatic amines is 2. The van der Waals surface area contributed by atoms with Gasteiger partial charge in [-0.3, -0.25) is 4.79 Å². The molecule has 1 atom stereocenters. The van der Waals surface area contributed by atoms with Gasteiger partial charge in [0.15, 0.2) is 5.82 Å². The van der Waals surface area contributed by atoms with Crippen LogP contribution in [0.25, 0.3) is 0 Å². The minimum Gasteiger partial charge on any atom is -0.310 e. The smallest absolute Gasteiger partial charge is 0.255 e. The maximum absolute atomic E-state index is 11.9. The molecule has 0 aromatic carbocycles. The van der Waals surface area contributed by atoms with Gasteiger partial charge in [-0.1, -0.05) is 5.21 Å². The highest BCUT2D eigenvalue weighted by atomic mass is 16.1. The molecule has 3 N–H and O–H groups in total. The second-order valence-corrected chi connectivity index (χ2v) is 4.08. The Hall–Kier alpha value is -2.09. The Morgan fingerprint density at radius 3 is 2.78 bits per heavy atom. The molecule has 1 unspecified atom stereocenters. The van der Waals surface area contributed by atoms with Crippen molar-refractivity contribution in [1.29, 1.82) is 0 Å². The van der Waals surface area contributed by atoms with Gasteiger partial charge in [-0.25, -0.2) is 4.98 Å². The molecule has 8 nitrogen and oxygen atoms in total. The summed E-state index contributed by atoms with van der Waals surface area (Å²) in [6.45, 7) is 5.92. The average molecular weight is 249 g/mol. The van der Waals surface area contributed by atoms with E-state index in [1.807, 2.05) is 13.8 Å².